The van der Waals surface area contributed by atoms with E-state index in [0.717, 1.165) is 16.7 Å². The van der Waals surface area contributed by atoms with E-state index in [4.69, 9.17) is 18.0 Å². The molecule has 0 aromatic heterocycles. The summed E-state index contributed by atoms with van der Waals surface area (Å²) < 4.78 is 23.8. The summed E-state index contributed by atoms with van der Waals surface area (Å²) in [5, 5.41) is 0. The van der Waals surface area contributed by atoms with Crippen LogP contribution in [0.5, 0.6) is 0 Å². The van der Waals surface area contributed by atoms with Gasteiger partial charge in [0.05, 0.1) is 16.0 Å². The van der Waals surface area contributed by atoms with Crippen LogP contribution < -0.4 is 0 Å². The zero-order valence-corrected chi connectivity index (χ0v) is 22.3. The average Bonchev–Trinajstić information content (AvgIpc) is 2.30. The van der Waals surface area contributed by atoms with Gasteiger partial charge >= 0.3 is 11.9 Å². The molecule has 0 radical (unpaired) electrons. The molecule has 0 aromatic rings. The van der Waals surface area contributed by atoms with E-state index in [-0.39, 0.29) is 17.4 Å². The Hall–Kier alpha value is -0.522. The van der Waals surface area contributed by atoms with Crippen LogP contribution in [-0.4, -0.2) is 46.9 Å². The van der Waals surface area contributed by atoms with Crippen molar-refractivity contribution in [3.05, 3.63) is 11.7 Å². The summed E-state index contributed by atoms with van der Waals surface area (Å²) in [6.07, 6.45) is 0.803. The van der Waals surface area contributed by atoms with Gasteiger partial charge in [-0.3, -0.25) is 0 Å². The molecule has 0 bridgehead atoms. The molecule has 1 atom stereocenters. The molecule has 24 heavy (non-hydrogen) atoms. The molecule has 5 nitrogen and oxygen atoms in total. The number of esters is 1. The van der Waals surface area contributed by atoms with E-state index in [1.165, 1.54) is 0 Å². The van der Waals surface area contributed by atoms with Gasteiger partial charge in [0.1, 0.15) is 0 Å². The molecule has 0 aliphatic carbocycles. The first-order valence-electron chi connectivity index (χ1n) is 8.56. The minimum atomic E-state index is -2.03. The fourth-order valence-electron chi connectivity index (χ4n) is 1.46. The first kappa shape index (κ1) is 23.5. The molecule has 0 amide bonds. The van der Waals surface area contributed by atoms with Crippen molar-refractivity contribution in [2.75, 3.05) is 0 Å². The smallest absolute Gasteiger partial charge is 0.379 e. The Kier molecular flexibility index (Phi) is 8.53. The lowest BCUT2D eigenvalue weighted by atomic mass is 10.5. The quantitative estimate of drug-likeness (QED) is 0.253. The molecule has 0 spiro atoms. The monoisotopic (exact) mass is 408 g/mol. The van der Waals surface area contributed by atoms with Gasteiger partial charge in [0, 0.05) is 0 Å². The first-order chi connectivity index (χ1) is 10.5. The number of ether oxygens (including phenoxy) is 1. The fourth-order valence-corrected chi connectivity index (χ4v) is 3.92. The van der Waals surface area contributed by atoms with Crippen LogP contribution in [0.3, 0.4) is 0 Å². The van der Waals surface area contributed by atoms with Crippen molar-refractivity contribution in [1.29, 1.82) is 0 Å². The molecule has 0 aliphatic heterocycles. The molecular formula is C15H36O5Si4. The standard InChI is InChI=1S/C15H36O5Si4/c1-11-12(21)17-14(16)13(18-22(2,3)4)15(19-23(5,6)7)20-24(8,9)10/h12H,11H2,1-10,21H3. The Morgan fingerprint density at radius 3 is 1.50 bits per heavy atom. The summed E-state index contributed by atoms with van der Waals surface area (Å²) in [5.41, 5.74) is -0.0438. The molecule has 9 heteroatoms. The zero-order valence-electron chi connectivity index (χ0n) is 17.3. The lowest BCUT2D eigenvalue weighted by Crippen LogP contribution is -2.36. The Morgan fingerprint density at radius 1 is 0.833 bits per heavy atom. The molecular weight excluding hydrogens is 373 g/mol. The molecule has 0 saturated heterocycles. The van der Waals surface area contributed by atoms with Crippen LogP contribution in [0.1, 0.15) is 13.3 Å². The Morgan fingerprint density at radius 2 is 1.21 bits per heavy atom. The molecule has 0 rings (SSSR count). The van der Waals surface area contributed by atoms with Gasteiger partial charge in [0.2, 0.25) is 25.0 Å². The van der Waals surface area contributed by atoms with E-state index in [9.17, 15) is 4.79 Å². The third-order valence-corrected chi connectivity index (χ3v) is 5.92. The van der Waals surface area contributed by atoms with Crippen LogP contribution in [0, 0.1) is 0 Å². The van der Waals surface area contributed by atoms with Crippen molar-refractivity contribution >= 4 is 41.2 Å². The van der Waals surface area contributed by atoms with Crippen LogP contribution in [0.4, 0.5) is 0 Å². The number of hydrogen-bond acceptors (Lipinski definition) is 5. The van der Waals surface area contributed by atoms with Gasteiger partial charge in [-0.15, -0.1) is 0 Å². The molecule has 0 saturated carbocycles. The fraction of sp³-hybridized carbons (Fsp3) is 0.800. The second-order valence-corrected chi connectivity index (χ2v) is 23.5. The summed E-state index contributed by atoms with van der Waals surface area (Å²) in [7, 11) is -5.21. The van der Waals surface area contributed by atoms with Gasteiger partial charge in [-0.1, -0.05) is 6.92 Å². The minimum Gasteiger partial charge on any atom is -0.535 e. The second kappa shape index (κ2) is 8.72. The molecule has 0 fully saturated rings. The van der Waals surface area contributed by atoms with Gasteiger partial charge in [-0.25, -0.2) is 4.79 Å². The molecule has 1 unspecified atom stereocenters. The highest BCUT2D eigenvalue weighted by Gasteiger charge is 2.34. The maximum Gasteiger partial charge on any atom is 0.379 e. The molecule has 0 heterocycles. The van der Waals surface area contributed by atoms with Crippen molar-refractivity contribution in [1.82, 2.24) is 0 Å². The van der Waals surface area contributed by atoms with E-state index < -0.39 is 30.9 Å². The molecule has 0 N–H and O–H groups in total. The topological polar surface area (TPSA) is 54.0 Å². The van der Waals surface area contributed by atoms with E-state index in [2.05, 4.69) is 39.3 Å². The van der Waals surface area contributed by atoms with E-state index in [0.29, 0.717) is 0 Å². The highest BCUT2D eigenvalue weighted by Crippen LogP contribution is 2.24. The number of carbonyl (C=O) groups is 1. The first-order valence-corrected chi connectivity index (χ1v) is 19.9. The van der Waals surface area contributed by atoms with Crippen LogP contribution in [-0.2, 0) is 22.8 Å². The predicted octanol–water partition coefficient (Wildman–Crippen LogP) is 3.35. The van der Waals surface area contributed by atoms with Gasteiger partial charge in [-0.05, 0) is 65.3 Å². The normalized spacial score (nSPS) is 13.9. The van der Waals surface area contributed by atoms with Gasteiger partial charge in [0.25, 0.3) is 5.76 Å². The SMILES string of the molecule is CCC([SiH3])OC(=O)C(O[Si](C)(C)C)=C(O[Si](C)(C)C)O[Si](C)(C)C. The molecule has 142 valence electrons. The van der Waals surface area contributed by atoms with Crippen LogP contribution in [0.15, 0.2) is 11.7 Å². The average molecular weight is 409 g/mol. The van der Waals surface area contributed by atoms with Crippen molar-refractivity contribution in [2.24, 2.45) is 0 Å². The van der Waals surface area contributed by atoms with Crippen molar-refractivity contribution in [2.45, 2.75) is 78.0 Å². The zero-order chi connectivity index (χ0) is 19.3. The van der Waals surface area contributed by atoms with Crippen LogP contribution in [0.25, 0.3) is 0 Å². The maximum atomic E-state index is 12.7. The Labute approximate surface area is 153 Å². The van der Waals surface area contributed by atoms with Gasteiger partial charge in [-0.2, -0.15) is 0 Å². The van der Waals surface area contributed by atoms with Gasteiger partial charge < -0.3 is 18.0 Å². The van der Waals surface area contributed by atoms with Gasteiger partial charge in [0.15, 0.2) is 0 Å². The second-order valence-electron chi connectivity index (χ2n) is 8.88. The van der Waals surface area contributed by atoms with Crippen molar-refractivity contribution in [3.8, 4) is 0 Å². The predicted molar refractivity (Wildman–Crippen MR) is 110 cm³/mol. The number of hydrogen-bond donors (Lipinski definition) is 0. The number of rotatable bonds is 9. The molecule has 0 aliphatic rings. The maximum absolute atomic E-state index is 12.7. The van der Waals surface area contributed by atoms with E-state index in [1.54, 1.807) is 0 Å². The lowest BCUT2D eigenvalue weighted by Gasteiger charge is -2.30. The number of carbonyl (C=O) groups excluding carboxylic acids is 1. The lowest BCUT2D eigenvalue weighted by molar-refractivity contribution is -0.144. The van der Waals surface area contributed by atoms with Crippen LogP contribution >= 0.6 is 0 Å². The highest BCUT2D eigenvalue weighted by molar-refractivity contribution is 6.71. The third-order valence-electron chi connectivity index (χ3n) is 2.46. The minimum absolute atomic E-state index is 0.0438. The summed E-state index contributed by atoms with van der Waals surface area (Å²) in [4.78, 5) is 12.7. The van der Waals surface area contributed by atoms with Crippen molar-refractivity contribution < 1.29 is 22.8 Å². The highest BCUT2D eigenvalue weighted by atomic mass is 28.4. The summed E-state index contributed by atoms with van der Waals surface area (Å²) in [5.74, 6) is -0.121. The summed E-state index contributed by atoms with van der Waals surface area (Å²) in [6, 6.07) is 0. The Balaban J connectivity index is 5.95. The van der Waals surface area contributed by atoms with E-state index in [1.807, 2.05) is 26.6 Å². The molecule has 0 aromatic carbocycles. The largest absolute Gasteiger partial charge is 0.535 e. The summed E-state index contributed by atoms with van der Waals surface area (Å²) in [6.45, 7) is 20.4. The third kappa shape index (κ3) is 11.1. The summed E-state index contributed by atoms with van der Waals surface area (Å²) >= 11 is 0. The van der Waals surface area contributed by atoms with E-state index >= 15 is 0 Å². The Bertz CT molecular complexity index is 440. The van der Waals surface area contributed by atoms with Crippen LogP contribution in [0.2, 0.25) is 58.9 Å². The van der Waals surface area contributed by atoms with Crippen molar-refractivity contribution in [3.63, 3.8) is 0 Å².